The van der Waals surface area contributed by atoms with Gasteiger partial charge in [-0.2, -0.15) is 0 Å². The Morgan fingerprint density at radius 2 is 1.33 bits per heavy atom. The highest BCUT2D eigenvalue weighted by Crippen LogP contribution is 2.36. The fourth-order valence-corrected chi connectivity index (χ4v) is 3.29. The number of benzene rings is 2. The van der Waals surface area contributed by atoms with E-state index < -0.39 is 28.2 Å². The summed E-state index contributed by atoms with van der Waals surface area (Å²) in [5.74, 6) is -1.21. The Morgan fingerprint density at radius 3 is 1.81 bits per heavy atom. The monoisotopic (exact) mass is 386 g/mol. The van der Waals surface area contributed by atoms with Crippen LogP contribution in [0.15, 0.2) is 60.7 Å². The third-order valence-corrected chi connectivity index (χ3v) is 6.44. The zero-order chi connectivity index (χ0) is 20.3. The molecule has 2 unspecified atom stereocenters. The second-order valence-electron chi connectivity index (χ2n) is 7.77. The van der Waals surface area contributed by atoms with Gasteiger partial charge in [-0.25, -0.2) is 4.79 Å². The SMILES string of the molecule is CC(C)(C)OC(=O)C(C)(O)C([SiH3])(C(=O)Oc1ccccc1)c1ccccc1. The van der Waals surface area contributed by atoms with E-state index in [2.05, 4.69) is 0 Å². The van der Waals surface area contributed by atoms with Crippen LogP contribution >= 0.6 is 0 Å². The lowest BCUT2D eigenvalue weighted by molar-refractivity contribution is -0.183. The summed E-state index contributed by atoms with van der Waals surface area (Å²) in [4.78, 5) is 26.0. The van der Waals surface area contributed by atoms with Gasteiger partial charge in [-0.05, 0) is 45.4 Å². The standard InChI is InChI=1S/C21H26O5Si/c1-19(2,3)26-17(22)20(4,24)21(27,15-11-7-5-8-12-15)18(23)25-16-13-9-6-10-14-16/h5-14,24H,1-4,27H3. The molecule has 6 heteroatoms. The Hall–Kier alpha value is -2.44. The van der Waals surface area contributed by atoms with Crippen molar-refractivity contribution in [1.29, 1.82) is 0 Å². The molecule has 1 N–H and O–H groups in total. The van der Waals surface area contributed by atoms with Crippen molar-refractivity contribution in [2.24, 2.45) is 0 Å². The van der Waals surface area contributed by atoms with Gasteiger partial charge >= 0.3 is 11.9 Å². The van der Waals surface area contributed by atoms with E-state index in [0.29, 0.717) is 11.3 Å². The van der Waals surface area contributed by atoms with E-state index in [4.69, 9.17) is 9.47 Å². The Bertz CT molecular complexity index is 796. The number of hydrogen-bond donors (Lipinski definition) is 1. The summed E-state index contributed by atoms with van der Waals surface area (Å²) in [6.45, 7) is 6.44. The second kappa shape index (κ2) is 7.66. The van der Waals surface area contributed by atoms with Gasteiger partial charge in [-0.15, -0.1) is 0 Å². The second-order valence-corrected chi connectivity index (χ2v) is 9.27. The summed E-state index contributed by atoms with van der Waals surface area (Å²) >= 11 is 0. The van der Waals surface area contributed by atoms with Crippen molar-refractivity contribution in [1.82, 2.24) is 0 Å². The van der Waals surface area contributed by atoms with Gasteiger partial charge < -0.3 is 14.6 Å². The van der Waals surface area contributed by atoms with Crippen molar-refractivity contribution in [3.8, 4) is 5.75 Å². The van der Waals surface area contributed by atoms with Crippen molar-refractivity contribution >= 4 is 22.2 Å². The van der Waals surface area contributed by atoms with Crippen molar-refractivity contribution in [3.05, 3.63) is 66.2 Å². The summed E-state index contributed by atoms with van der Waals surface area (Å²) in [5, 5.41) is 9.68. The first-order valence-electron chi connectivity index (χ1n) is 8.77. The molecule has 0 bridgehead atoms. The molecule has 27 heavy (non-hydrogen) atoms. The van der Waals surface area contributed by atoms with E-state index in [1.165, 1.54) is 6.92 Å². The fraction of sp³-hybridized carbons (Fsp3) is 0.333. The molecule has 0 aromatic heterocycles. The minimum atomic E-state index is -2.10. The molecule has 0 heterocycles. The van der Waals surface area contributed by atoms with Crippen molar-refractivity contribution in [2.75, 3.05) is 0 Å². The fourth-order valence-electron chi connectivity index (χ4n) is 2.65. The predicted molar refractivity (Wildman–Crippen MR) is 107 cm³/mol. The van der Waals surface area contributed by atoms with Gasteiger partial charge in [0.2, 0.25) is 0 Å². The minimum absolute atomic E-state index is 0.123. The molecular weight excluding hydrogens is 360 g/mol. The number of carbonyl (C=O) groups is 2. The smallest absolute Gasteiger partial charge is 0.339 e. The molecule has 2 aromatic rings. The summed E-state index contributed by atoms with van der Waals surface area (Å²) in [6, 6.07) is 17.3. The topological polar surface area (TPSA) is 72.8 Å². The number of aliphatic hydroxyl groups is 1. The number of hydrogen-bond acceptors (Lipinski definition) is 5. The molecule has 0 aliphatic heterocycles. The lowest BCUT2D eigenvalue weighted by atomic mass is 9.81. The van der Waals surface area contributed by atoms with Crippen molar-refractivity contribution < 1.29 is 24.2 Å². The highest BCUT2D eigenvalue weighted by atomic mass is 28.1. The molecule has 2 aromatic carbocycles. The third kappa shape index (κ3) is 4.46. The van der Waals surface area contributed by atoms with Gasteiger partial charge in [-0.3, -0.25) is 4.79 Å². The molecule has 0 radical (unpaired) electrons. The Morgan fingerprint density at radius 1 is 0.852 bits per heavy atom. The van der Waals surface area contributed by atoms with E-state index >= 15 is 0 Å². The van der Waals surface area contributed by atoms with Crippen LogP contribution in [-0.2, 0) is 19.4 Å². The van der Waals surface area contributed by atoms with Crippen molar-refractivity contribution in [3.63, 3.8) is 0 Å². The van der Waals surface area contributed by atoms with Crippen LogP contribution in [0.2, 0.25) is 0 Å². The molecule has 0 spiro atoms. The zero-order valence-corrected chi connectivity index (χ0v) is 18.4. The average Bonchev–Trinajstić information content (AvgIpc) is 2.61. The van der Waals surface area contributed by atoms with Crippen LogP contribution in [0.3, 0.4) is 0 Å². The van der Waals surface area contributed by atoms with E-state index in [0.717, 1.165) is 0 Å². The Kier molecular flexibility index (Phi) is 5.92. The van der Waals surface area contributed by atoms with Crippen LogP contribution in [0.1, 0.15) is 33.3 Å². The van der Waals surface area contributed by atoms with Crippen LogP contribution in [0.4, 0.5) is 0 Å². The normalized spacial score (nSPS) is 16.0. The maximum Gasteiger partial charge on any atom is 0.339 e. The van der Waals surface area contributed by atoms with E-state index in [9.17, 15) is 14.7 Å². The van der Waals surface area contributed by atoms with Gasteiger partial charge in [0, 0.05) is 10.2 Å². The highest BCUT2D eigenvalue weighted by Gasteiger charge is 2.58. The average molecular weight is 387 g/mol. The first-order chi connectivity index (χ1) is 12.5. The lowest BCUT2D eigenvalue weighted by Gasteiger charge is -2.40. The van der Waals surface area contributed by atoms with Crippen molar-refractivity contribution in [2.45, 2.75) is 43.9 Å². The maximum absolute atomic E-state index is 13.2. The van der Waals surface area contributed by atoms with E-state index in [1.807, 2.05) is 0 Å². The lowest BCUT2D eigenvalue weighted by Crippen LogP contribution is -2.62. The van der Waals surface area contributed by atoms with Crippen LogP contribution in [0, 0.1) is 0 Å². The van der Waals surface area contributed by atoms with E-state index in [-0.39, 0.29) is 10.2 Å². The van der Waals surface area contributed by atoms with Crippen LogP contribution in [0.25, 0.3) is 0 Å². The largest absolute Gasteiger partial charge is 0.458 e. The highest BCUT2D eigenvalue weighted by molar-refractivity contribution is 6.31. The van der Waals surface area contributed by atoms with Gasteiger partial charge in [0.25, 0.3) is 0 Å². The summed E-state index contributed by atoms with van der Waals surface area (Å²) in [7, 11) is 0.123. The first-order valence-corrected chi connectivity index (χ1v) is 9.77. The van der Waals surface area contributed by atoms with E-state index in [1.54, 1.807) is 81.4 Å². The number of para-hydroxylation sites is 1. The number of rotatable bonds is 5. The van der Waals surface area contributed by atoms with Gasteiger partial charge in [0.15, 0.2) is 5.60 Å². The quantitative estimate of drug-likeness (QED) is 0.483. The molecule has 0 saturated carbocycles. The molecule has 5 nitrogen and oxygen atoms in total. The van der Waals surface area contributed by atoms with Gasteiger partial charge in [0.1, 0.15) is 16.4 Å². The predicted octanol–water partition coefficient (Wildman–Crippen LogP) is 1.95. The molecule has 144 valence electrons. The summed E-state index contributed by atoms with van der Waals surface area (Å²) in [6.07, 6.45) is 0. The minimum Gasteiger partial charge on any atom is -0.458 e. The maximum atomic E-state index is 13.2. The van der Waals surface area contributed by atoms with Crippen LogP contribution in [0.5, 0.6) is 5.75 Å². The molecular formula is C21H26O5Si. The van der Waals surface area contributed by atoms with Crippen LogP contribution < -0.4 is 4.74 Å². The Labute approximate surface area is 162 Å². The zero-order valence-electron chi connectivity index (χ0n) is 16.4. The van der Waals surface area contributed by atoms with Crippen LogP contribution in [-0.4, -0.2) is 38.5 Å². The first kappa shape index (κ1) is 20.9. The molecule has 0 aliphatic rings. The number of carbonyl (C=O) groups excluding carboxylic acids is 2. The Balaban J connectivity index is 2.50. The number of ether oxygens (including phenoxy) is 2. The molecule has 2 rings (SSSR count). The molecule has 0 amide bonds. The molecule has 0 saturated heterocycles. The summed E-state index contributed by atoms with van der Waals surface area (Å²) < 4.78 is 10.9. The molecule has 0 fully saturated rings. The van der Waals surface area contributed by atoms with Gasteiger partial charge in [-0.1, -0.05) is 48.5 Å². The number of esters is 2. The molecule has 0 aliphatic carbocycles. The summed E-state index contributed by atoms with van der Waals surface area (Å²) in [5.41, 5.74) is -2.39. The third-order valence-electron chi connectivity index (χ3n) is 4.48. The van der Waals surface area contributed by atoms with Gasteiger partial charge in [0.05, 0.1) is 0 Å². The molecule has 2 atom stereocenters.